The van der Waals surface area contributed by atoms with Crippen LogP contribution in [0.25, 0.3) is 5.52 Å². The molecule has 2 aliphatic rings. The van der Waals surface area contributed by atoms with Crippen LogP contribution in [0.1, 0.15) is 23.3 Å². The second kappa shape index (κ2) is 5.00. The molecule has 2 fully saturated rings. The first kappa shape index (κ1) is 13.1. The highest BCUT2D eigenvalue weighted by molar-refractivity contribution is 6.30. The van der Waals surface area contributed by atoms with E-state index in [2.05, 4.69) is 15.2 Å². The van der Waals surface area contributed by atoms with Crippen molar-refractivity contribution in [3.63, 3.8) is 0 Å². The van der Waals surface area contributed by atoms with Crippen molar-refractivity contribution in [1.29, 1.82) is 0 Å². The van der Waals surface area contributed by atoms with Gasteiger partial charge in [-0.1, -0.05) is 11.6 Å². The lowest BCUT2D eigenvalue weighted by Crippen LogP contribution is -2.47. The second-order valence-corrected chi connectivity index (χ2v) is 6.43. The molecule has 5 nitrogen and oxygen atoms in total. The first-order valence-corrected chi connectivity index (χ1v) is 7.72. The topological polar surface area (TPSA) is 49.6 Å². The van der Waals surface area contributed by atoms with Gasteiger partial charge in [0.2, 0.25) is 0 Å². The number of hydrogen-bond acceptors (Lipinski definition) is 3. The van der Waals surface area contributed by atoms with E-state index in [9.17, 15) is 4.79 Å². The Bertz CT molecular complexity index is 686. The van der Waals surface area contributed by atoms with Gasteiger partial charge in [-0.3, -0.25) is 9.20 Å². The largest absolute Gasteiger partial charge is 0.347 e. The van der Waals surface area contributed by atoms with Crippen molar-refractivity contribution in [2.75, 3.05) is 19.6 Å². The summed E-state index contributed by atoms with van der Waals surface area (Å²) >= 11 is 6.02. The van der Waals surface area contributed by atoms with Gasteiger partial charge in [-0.2, -0.15) is 0 Å². The lowest BCUT2D eigenvalue weighted by molar-refractivity contribution is 0.0904. The fourth-order valence-corrected chi connectivity index (χ4v) is 3.73. The molecule has 0 aromatic carbocycles. The van der Waals surface area contributed by atoms with Crippen LogP contribution in [0.3, 0.4) is 0 Å². The van der Waals surface area contributed by atoms with Gasteiger partial charge in [0, 0.05) is 19.1 Å². The number of hydrogen-bond donors (Lipinski definition) is 1. The Morgan fingerprint density at radius 1 is 1.38 bits per heavy atom. The molecule has 2 aromatic heterocycles. The zero-order valence-electron chi connectivity index (χ0n) is 11.6. The molecule has 2 aliphatic heterocycles. The Labute approximate surface area is 127 Å². The first-order chi connectivity index (χ1) is 10.2. The Balaban J connectivity index is 1.50. The van der Waals surface area contributed by atoms with Gasteiger partial charge in [-0.15, -0.1) is 0 Å². The molecule has 2 aromatic rings. The van der Waals surface area contributed by atoms with Crippen LogP contribution in [-0.4, -0.2) is 45.9 Å². The average molecular weight is 305 g/mol. The number of fused-ring (bicyclic) bond motifs is 3. The van der Waals surface area contributed by atoms with Crippen LogP contribution in [0.2, 0.25) is 5.15 Å². The second-order valence-electron chi connectivity index (χ2n) is 6.05. The summed E-state index contributed by atoms with van der Waals surface area (Å²) in [5, 5.41) is 3.72. The summed E-state index contributed by atoms with van der Waals surface area (Å²) < 4.78 is 1.75. The van der Waals surface area contributed by atoms with E-state index in [0.717, 1.165) is 24.4 Å². The van der Waals surface area contributed by atoms with Crippen LogP contribution in [0.15, 0.2) is 24.5 Å². The molecule has 1 N–H and O–H groups in total. The summed E-state index contributed by atoms with van der Waals surface area (Å²) in [6.07, 6.45) is 3.95. The van der Waals surface area contributed by atoms with Crippen LogP contribution in [-0.2, 0) is 0 Å². The zero-order chi connectivity index (χ0) is 14.4. The molecule has 4 heterocycles. The van der Waals surface area contributed by atoms with Crippen LogP contribution in [0.4, 0.5) is 0 Å². The zero-order valence-corrected chi connectivity index (χ0v) is 12.4. The Kier molecular flexibility index (Phi) is 3.12. The SMILES string of the molecule is O=C(N[C@@H]1C[C@H]2CCN(C2)C1)c1cc2ccc(Cl)n2cn1. The van der Waals surface area contributed by atoms with Crippen molar-refractivity contribution in [1.82, 2.24) is 19.6 Å². The fraction of sp³-hybridized carbons (Fsp3) is 0.467. The van der Waals surface area contributed by atoms with E-state index < -0.39 is 0 Å². The Hall–Kier alpha value is -1.59. The predicted octanol–water partition coefficient (Wildman–Crippen LogP) is 1.81. The van der Waals surface area contributed by atoms with Gasteiger partial charge in [0.1, 0.15) is 17.2 Å². The lowest BCUT2D eigenvalue weighted by Gasteiger charge is -2.30. The van der Waals surface area contributed by atoms with Crippen molar-refractivity contribution >= 4 is 23.0 Å². The first-order valence-electron chi connectivity index (χ1n) is 7.35. The molecule has 1 amide bonds. The number of carbonyl (C=O) groups excluding carboxylic acids is 1. The number of rotatable bonds is 2. The maximum atomic E-state index is 12.4. The van der Waals surface area contributed by atoms with Gasteiger partial charge in [0.05, 0.1) is 5.52 Å². The van der Waals surface area contributed by atoms with Crippen molar-refractivity contribution in [3.8, 4) is 0 Å². The summed E-state index contributed by atoms with van der Waals surface area (Å²) in [6, 6.07) is 5.70. The minimum atomic E-state index is -0.0951. The third-order valence-corrected chi connectivity index (χ3v) is 4.84. The molecule has 21 heavy (non-hydrogen) atoms. The van der Waals surface area contributed by atoms with Crippen molar-refractivity contribution < 1.29 is 4.79 Å². The van der Waals surface area contributed by atoms with Crippen LogP contribution < -0.4 is 5.32 Å². The third kappa shape index (κ3) is 2.40. The van der Waals surface area contributed by atoms with Gasteiger partial charge in [0.15, 0.2) is 0 Å². The molecular weight excluding hydrogens is 288 g/mol. The van der Waals surface area contributed by atoms with E-state index in [1.165, 1.54) is 19.5 Å². The number of halogens is 1. The number of carbonyl (C=O) groups is 1. The summed E-state index contributed by atoms with van der Waals surface area (Å²) in [4.78, 5) is 19.0. The molecule has 6 heteroatoms. The molecule has 0 aliphatic carbocycles. The lowest BCUT2D eigenvalue weighted by atomic mass is 9.97. The van der Waals surface area contributed by atoms with E-state index in [-0.39, 0.29) is 11.9 Å². The van der Waals surface area contributed by atoms with Crippen LogP contribution in [0.5, 0.6) is 0 Å². The minimum Gasteiger partial charge on any atom is -0.347 e. The molecule has 2 bridgehead atoms. The van der Waals surface area contributed by atoms with E-state index in [0.29, 0.717) is 10.8 Å². The standard InChI is InChI=1S/C15H17ClN4O/c16-14-2-1-12-6-13(17-9-20(12)14)15(21)18-11-5-10-3-4-19(7-10)8-11/h1-2,6,9-11H,3-5,7-8H2,(H,18,21)/t10-,11-/m1/s1. The maximum Gasteiger partial charge on any atom is 0.270 e. The fourth-order valence-electron chi connectivity index (χ4n) is 3.52. The van der Waals surface area contributed by atoms with E-state index in [1.807, 2.05) is 6.07 Å². The van der Waals surface area contributed by atoms with Gasteiger partial charge < -0.3 is 10.2 Å². The molecular formula is C15H17ClN4O. The van der Waals surface area contributed by atoms with Gasteiger partial charge in [-0.25, -0.2) is 4.98 Å². The molecule has 0 spiro atoms. The molecule has 1 unspecified atom stereocenters. The maximum absolute atomic E-state index is 12.4. The number of aromatic nitrogens is 2. The summed E-state index contributed by atoms with van der Waals surface area (Å²) in [5.74, 6) is 0.645. The van der Waals surface area contributed by atoms with E-state index >= 15 is 0 Å². The monoisotopic (exact) mass is 304 g/mol. The highest BCUT2D eigenvalue weighted by Crippen LogP contribution is 2.26. The molecule has 3 atom stereocenters. The molecule has 4 rings (SSSR count). The van der Waals surface area contributed by atoms with Crippen LogP contribution >= 0.6 is 11.6 Å². The Morgan fingerprint density at radius 2 is 2.29 bits per heavy atom. The molecule has 0 saturated carbocycles. The highest BCUT2D eigenvalue weighted by atomic mass is 35.5. The van der Waals surface area contributed by atoms with Crippen molar-refractivity contribution in [2.24, 2.45) is 5.92 Å². The van der Waals surface area contributed by atoms with E-state index in [1.54, 1.807) is 22.9 Å². The number of piperidine rings is 1. The van der Waals surface area contributed by atoms with Gasteiger partial charge in [0.25, 0.3) is 5.91 Å². The van der Waals surface area contributed by atoms with Crippen LogP contribution in [0, 0.1) is 5.92 Å². The van der Waals surface area contributed by atoms with Gasteiger partial charge in [-0.05, 0) is 43.5 Å². The van der Waals surface area contributed by atoms with Crippen molar-refractivity contribution in [3.05, 3.63) is 35.4 Å². The Morgan fingerprint density at radius 3 is 3.14 bits per heavy atom. The molecule has 0 radical (unpaired) electrons. The molecule has 2 saturated heterocycles. The summed E-state index contributed by atoms with van der Waals surface area (Å²) in [6.45, 7) is 3.32. The average Bonchev–Trinajstić information content (AvgIpc) is 3.02. The number of nitrogens with one attached hydrogen (secondary N) is 1. The number of amides is 1. The summed E-state index contributed by atoms with van der Waals surface area (Å²) in [5.41, 5.74) is 1.33. The third-order valence-electron chi connectivity index (χ3n) is 4.53. The highest BCUT2D eigenvalue weighted by Gasteiger charge is 2.33. The van der Waals surface area contributed by atoms with Gasteiger partial charge >= 0.3 is 0 Å². The smallest absolute Gasteiger partial charge is 0.270 e. The predicted molar refractivity (Wildman–Crippen MR) is 80.6 cm³/mol. The minimum absolute atomic E-state index is 0.0951. The van der Waals surface area contributed by atoms with Crippen molar-refractivity contribution in [2.45, 2.75) is 18.9 Å². The molecule has 110 valence electrons. The normalized spacial score (nSPS) is 28.0. The van der Waals surface area contributed by atoms with E-state index in [4.69, 9.17) is 11.6 Å². The quantitative estimate of drug-likeness (QED) is 0.920. The summed E-state index contributed by atoms with van der Waals surface area (Å²) in [7, 11) is 0. The number of nitrogens with zero attached hydrogens (tertiary/aromatic N) is 3.